The molecule has 0 unspecified atom stereocenters. The van der Waals surface area contributed by atoms with E-state index in [1.165, 1.54) is 24.0 Å². The van der Waals surface area contributed by atoms with Gasteiger partial charge in [0.2, 0.25) is 0 Å². The van der Waals surface area contributed by atoms with E-state index in [0.29, 0.717) is 6.04 Å². The van der Waals surface area contributed by atoms with Crippen LogP contribution in [0.25, 0.3) is 11.4 Å². The summed E-state index contributed by atoms with van der Waals surface area (Å²) in [4.78, 5) is 9.41. The zero-order chi connectivity index (χ0) is 14.8. The summed E-state index contributed by atoms with van der Waals surface area (Å²) in [5.41, 5.74) is 5.86. The van der Waals surface area contributed by atoms with Crippen molar-refractivity contribution >= 4 is 0 Å². The molecule has 3 rings (SSSR count). The molecule has 1 saturated carbocycles. The number of hydrogen-bond acceptors (Lipinski definition) is 3. The fraction of sp³-hybridized carbons (Fsp3) is 0.444. The van der Waals surface area contributed by atoms with Crippen molar-refractivity contribution < 1.29 is 0 Å². The molecule has 1 N–H and O–H groups in total. The molecule has 1 heterocycles. The first kappa shape index (κ1) is 14.2. The van der Waals surface area contributed by atoms with Crippen LogP contribution in [0.2, 0.25) is 0 Å². The topological polar surface area (TPSA) is 37.8 Å². The summed E-state index contributed by atoms with van der Waals surface area (Å²) in [6, 6.07) is 9.27. The van der Waals surface area contributed by atoms with Gasteiger partial charge in [0.25, 0.3) is 0 Å². The molecule has 110 valence electrons. The summed E-state index contributed by atoms with van der Waals surface area (Å²) in [6.45, 7) is 7.23. The van der Waals surface area contributed by atoms with Gasteiger partial charge in [-0.25, -0.2) is 9.97 Å². The summed E-state index contributed by atoms with van der Waals surface area (Å²) in [5.74, 6) is 0.836. The van der Waals surface area contributed by atoms with Crippen molar-refractivity contribution in [2.45, 2.75) is 52.6 Å². The molecule has 0 aliphatic heterocycles. The summed E-state index contributed by atoms with van der Waals surface area (Å²) >= 11 is 0. The van der Waals surface area contributed by atoms with Crippen LogP contribution in [0.5, 0.6) is 0 Å². The van der Waals surface area contributed by atoms with Crippen LogP contribution in [0.3, 0.4) is 0 Å². The van der Waals surface area contributed by atoms with E-state index in [9.17, 15) is 0 Å². The third-order valence-corrected chi connectivity index (χ3v) is 4.19. The standard InChI is InChI=1S/C18H23N3/c1-4-14-5-7-15(8-6-14)18-20-12(2)17(13(3)21-18)11-19-16-9-10-16/h5-8,16,19H,4,9-11H2,1-3H3. The van der Waals surface area contributed by atoms with Crippen molar-refractivity contribution in [2.24, 2.45) is 0 Å². The van der Waals surface area contributed by atoms with E-state index >= 15 is 0 Å². The first-order valence-corrected chi connectivity index (χ1v) is 7.84. The van der Waals surface area contributed by atoms with E-state index < -0.39 is 0 Å². The molecule has 1 aromatic carbocycles. The maximum absolute atomic E-state index is 4.71. The number of hydrogen-bond donors (Lipinski definition) is 1. The lowest BCUT2D eigenvalue weighted by Crippen LogP contribution is -2.18. The number of rotatable bonds is 5. The van der Waals surface area contributed by atoms with Crippen LogP contribution < -0.4 is 5.32 Å². The van der Waals surface area contributed by atoms with Crippen LogP contribution in [0.4, 0.5) is 0 Å². The first-order valence-electron chi connectivity index (χ1n) is 7.84. The predicted molar refractivity (Wildman–Crippen MR) is 86.2 cm³/mol. The third kappa shape index (κ3) is 3.30. The first-order chi connectivity index (χ1) is 10.2. The van der Waals surface area contributed by atoms with Crippen LogP contribution in [0, 0.1) is 13.8 Å². The number of aromatic nitrogens is 2. The Labute approximate surface area is 126 Å². The second kappa shape index (κ2) is 5.94. The lowest BCUT2D eigenvalue weighted by Gasteiger charge is -2.12. The third-order valence-electron chi connectivity index (χ3n) is 4.19. The largest absolute Gasteiger partial charge is 0.310 e. The SMILES string of the molecule is CCc1ccc(-c2nc(C)c(CNC3CC3)c(C)n2)cc1. The van der Waals surface area contributed by atoms with E-state index in [2.05, 4.69) is 50.4 Å². The van der Waals surface area contributed by atoms with E-state index in [-0.39, 0.29) is 0 Å². The molecule has 0 saturated heterocycles. The second-order valence-corrected chi connectivity index (χ2v) is 5.90. The molecule has 1 aromatic heterocycles. The molecule has 2 aromatic rings. The maximum Gasteiger partial charge on any atom is 0.159 e. The maximum atomic E-state index is 4.71. The second-order valence-electron chi connectivity index (χ2n) is 5.90. The lowest BCUT2D eigenvalue weighted by molar-refractivity contribution is 0.675. The van der Waals surface area contributed by atoms with Crippen molar-refractivity contribution in [3.8, 4) is 11.4 Å². The average Bonchev–Trinajstić information content (AvgIpc) is 3.30. The van der Waals surface area contributed by atoms with Gasteiger partial charge in [0.15, 0.2) is 5.82 Å². The van der Waals surface area contributed by atoms with Crippen molar-refractivity contribution in [3.05, 3.63) is 46.8 Å². The Morgan fingerprint density at radius 3 is 2.19 bits per heavy atom. The van der Waals surface area contributed by atoms with Gasteiger partial charge >= 0.3 is 0 Å². The number of aryl methyl sites for hydroxylation is 3. The van der Waals surface area contributed by atoms with Crippen LogP contribution in [-0.2, 0) is 13.0 Å². The molecule has 3 heteroatoms. The van der Waals surface area contributed by atoms with Gasteiger partial charge in [-0.2, -0.15) is 0 Å². The molecule has 0 bridgehead atoms. The zero-order valence-electron chi connectivity index (χ0n) is 13.1. The minimum atomic E-state index is 0.713. The minimum absolute atomic E-state index is 0.713. The van der Waals surface area contributed by atoms with Gasteiger partial charge < -0.3 is 5.32 Å². The molecule has 0 amide bonds. The van der Waals surface area contributed by atoms with E-state index in [1.807, 2.05) is 0 Å². The molecular weight excluding hydrogens is 258 g/mol. The van der Waals surface area contributed by atoms with Gasteiger partial charge in [0, 0.05) is 35.1 Å². The fourth-order valence-electron chi connectivity index (χ4n) is 2.55. The monoisotopic (exact) mass is 281 g/mol. The van der Waals surface area contributed by atoms with Gasteiger partial charge in [-0.15, -0.1) is 0 Å². The summed E-state index contributed by atoms with van der Waals surface area (Å²) in [6.07, 6.45) is 3.67. The summed E-state index contributed by atoms with van der Waals surface area (Å²) < 4.78 is 0. The molecule has 3 nitrogen and oxygen atoms in total. The van der Waals surface area contributed by atoms with Crippen LogP contribution >= 0.6 is 0 Å². The molecule has 0 atom stereocenters. The quantitative estimate of drug-likeness (QED) is 0.910. The lowest BCUT2D eigenvalue weighted by atomic mass is 10.1. The van der Waals surface area contributed by atoms with Gasteiger partial charge in [0.1, 0.15) is 0 Å². The van der Waals surface area contributed by atoms with E-state index in [0.717, 1.165) is 35.7 Å². The Morgan fingerprint density at radius 2 is 1.67 bits per heavy atom. The summed E-state index contributed by atoms with van der Waals surface area (Å²) in [7, 11) is 0. The minimum Gasteiger partial charge on any atom is -0.310 e. The van der Waals surface area contributed by atoms with Gasteiger partial charge in [-0.1, -0.05) is 31.2 Å². The van der Waals surface area contributed by atoms with Crippen molar-refractivity contribution in [1.82, 2.24) is 15.3 Å². The van der Waals surface area contributed by atoms with Gasteiger partial charge in [-0.3, -0.25) is 0 Å². The molecule has 1 aliphatic carbocycles. The normalized spacial score (nSPS) is 14.4. The van der Waals surface area contributed by atoms with E-state index in [4.69, 9.17) is 9.97 Å². The highest BCUT2D eigenvalue weighted by Crippen LogP contribution is 2.22. The van der Waals surface area contributed by atoms with Crippen molar-refractivity contribution in [1.29, 1.82) is 0 Å². The highest BCUT2D eigenvalue weighted by molar-refractivity contribution is 5.56. The van der Waals surface area contributed by atoms with E-state index in [1.54, 1.807) is 0 Å². The highest BCUT2D eigenvalue weighted by atomic mass is 15.0. The molecular formula is C18H23N3. The number of nitrogens with zero attached hydrogens (tertiary/aromatic N) is 2. The van der Waals surface area contributed by atoms with Crippen LogP contribution in [0.15, 0.2) is 24.3 Å². The predicted octanol–water partition coefficient (Wildman–Crippen LogP) is 3.57. The molecule has 1 aliphatic rings. The summed E-state index contributed by atoms with van der Waals surface area (Å²) in [5, 5.41) is 3.55. The Balaban J connectivity index is 1.85. The smallest absolute Gasteiger partial charge is 0.159 e. The van der Waals surface area contributed by atoms with Gasteiger partial charge in [-0.05, 0) is 38.7 Å². The Hall–Kier alpha value is -1.74. The Morgan fingerprint density at radius 1 is 1.05 bits per heavy atom. The Kier molecular flexibility index (Phi) is 4.02. The van der Waals surface area contributed by atoms with Crippen molar-refractivity contribution in [3.63, 3.8) is 0 Å². The Bertz CT molecular complexity index is 604. The number of benzene rings is 1. The number of nitrogens with one attached hydrogen (secondary N) is 1. The van der Waals surface area contributed by atoms with Crippen LogP contribution in [-0.4, -0.2) is 16.0 Å². The molecule has 0 radical (unpaired) electrons. The molecule has 0 spiro atoms. The zero-order valence-corrected chi connectivity index (χ0v) is 13.1. The highest BCUT2D eigenvalue weighted by Gasteiger charge is 2.21. The molecule has 1 fully saturated rings. The van der Waals surface area contributed by atoms with Crippen molar-refractivity contribution in [2.75, 3.05) is 0 Å². The average molecular weight is 281 g/mol. The van der Waals surface area contributed by atoms with Gasteiger partial charge in [0.05, 0.1) is 0 Å². The molecule has 21 heavy (non-hydrogen) atoms. The fourth-order valence-corrected chi connectivity index (χ4v) is 2.55. The van der Waals surface area contributed by atoms with Crippen LogP contribution in [0.1, 0.15) is 42.3 Å².